The molecule has 2 fully saturated rings. The maximum Gasteiger partial charge on any atom is 0.276 e. The Balaban J connectivity index is 1.59. The Kier molecular flexibility index (Phi) is 3.57. The number of benzene rings is 1. The molecule has 4 rings (SSSR count). The van der Waals surface area contributed by atoms with Crippen LogP contribution < -0.4 is 5.32 Å². The highest BCUT2D eigenvalue weighted by Crippen LogP contribution is 2.29. The SMILES string of the molecule is O=C(c1cnn(-c2ccc(F)cc2)n1)N1C2CCNCC1CC2. The van der Waals surface area contributed by atoms with E-state index in [4.69, 9.17) is 0 Å². The van der Waals surface area contributed by atoms with Crippen LogP contribution in [0.15, 0.2) is 30.5 Å². The summed E-state index contributed by atoms with van der Waals surface area (Å²) in [5.74, 6) is -0.375. The van der Waals surface area contributed by atoms with Crippen molar-refractivity contribution in [2.75, 3.05) is 13.1 Å². The van der Waals surface area contributed by atoms with E-state index >= 15 is 0 Å². The first-order valence-corrected chi connectivity index (χ1v) is 7.94. The third-order valence-electron chi connectivity index (χ3n) is 4.66. The van der Waals surface area contributed by atoms with E-state index in [9.17, 15) is 9.18 Å². The first kappa shape index (κ1) is 14.3. The molecule has 2 aromatic rings. The van der Waals surface area contributed by atoms with Crippen LogP contribution in [0.4, 0.5) is 4.39 Å². The van der Waals surface area contributed by atoms with Crippen LogP contribution in [0.25, 0.3) is 5.69 Å². The molecule has 2 aliphatic heterocycles. The molecular weight excluding hydrogens is 297 g/mol. The summed E-state index contributed by atoms with van der Waals surface area (Å²) < 4.78 is 13.0. The summed E-state index contributed by atoms with van der Waals surface area (Å²) in [5.41, 5.74) is 0.971. The van der Waals surface area contributed by atoms with E-state index in [1.807, 2.05) is 4.90 Å². The first-order valence-electron chi connectivity index (χ1n) is 7.94. The van der Waals surface area contributed by atoms with Gasteiger partial charge in [-0.2, -0.15) is 9.90 Å². The third-order valence-corrected chi connectivity index (χ3v) is 4.66. The van der Waals surface area contributed by atoms with Gasteiger partial charge in [-0.3, -0.25) is 4.79 Å². The highest BCUT2D eigenvalue weighted by molar-refractivity contribution is 5.92. The van der Waals surface area contributed by atoms with E-state index in [-0.39, 0.29) is 17.8 Å². The van der Waals surface area contributed by atoms with Gasteiger partial charge in [0.2, 0.25) is 0 Å². The van der Waals surface area contributed by atoms with Crippen LogP contribution in [0.5, 0.6) is 0 Å². The van der Waals surface area contributed by atoms with Crippen LogP contribution in [0, 0.1) is 5.82 Å². The summed E-state index contributed by atoms with van der Waals surface area (Å²) >= 11 is 0. The number of carbonyl (C=O) groups is 1. The molecule has 1 aromatic carbocycles. The van der Waals surface area contributed by atoms with Gasteiger partial charge in [-0.05, 0) is 50.1 Å². The fourth-order valence-corrected chi connectivity index (χ4v) is 3.51. The van der Waals surface area contributed by atoms with Crippen molar-refractivity contribution in [2.45, 2.75) is 31.3 Å². The molecular formula is C16H18FN5O. The summed E-state index contributed by atoms with van der Waals surface area (Å²) in [6.07, 6.45) is 4.57. The van der Waals surface area contributed by atoms with E-state index in [0.29, 0.717) is 17.4 Å². The average molecular weight is 315 g/mol. The van der Waals surface area contributed by atoms with Crippen LogP contribution in [-0.4, -0.2) is 51.0 Å². The maximum atomic E-state index is 13.0. The molecule has 1 amide bonds. The zero-order valence-electron chi connectivity index (χ0n) is 12.7. The standard InChI is InChI=1S/C16H18FN5O/c17-11-1-3-13(4-2-11)22-19-10-15(20-22)16(23)21-12-5-6-14(21)9-18-8-7-12/h1-4,10,12,14,18H,5-9H2. The molecule has 2 atom stereocenters. The summed E-state index contributed by atoms with van der Waals surface area (Å²) in [5, 5.41) is 11.8. The molecule has 0 saturated carbocycles. The summed E-state index contributed by atoms with van der Waals surface area (Å²) in [6, 6.07) is 6.40. The van der Waals surface area contributed by atoms with Gasteiger partial charge >= 0.3 is 0 Å². The van der Waals surface area contributed by atoms with Crippen LogP contribution in [-0.2, 0) is 0 Å². The van der Waals surface area contributed by atoms with Gasteiger partial charge in [0.05, 0.1) is 11.9 Å². The molecule has 0 aliphatic carbocycles. The number of nitrogens with zero attached hydrogens (tertiary/aromatic N) is 4. The van der Waals surface area contributed by atoms with E-state index in [0.717, 1.165) is 32.4 Å². The molecule has 0 spiro atoms. The van der Waals surface area contributed by atoms with Gasteiger partial charge in [0.1, 0.15) is 5.82 Å². The molecule has 7 heteroatoms. The van der Waals surface area contributed by atoms with Crippen molar-refractivity contribution in [3.05, 3.63) is 42.0 Å². The second-order valence-corrected chi connectivity index (χ2v) is 6.09. The molecule has 6 nitrogen and oxygen atoms in total. The average Bonchev–Trinajstić information content (AvgIpc) is 3.11. The predicted molar refractivity (Wildman–Crippen MR) is 81.8 cm³/mol. The molecule has 2 aliphatic rings. The zero-order valence-corrected chi connectivity index (χ0v) is 12.7. The van der Waals surface area contributed by atoms with Crippen molar-refractivity contribution in [2.24, 2.45) is 0 Å². The van der Waals surface area contributed by atoms with Gasteiger partial charge in [0.25, 0.3) is 5.91 Å². The van der Waals surface area contributed by atoms with Crippen molar-refractivity contribution in [3.8, 4) is 5.69 Å². The molecule has 2 bridgehead atoms. The molecule has 23 heavy (non-hydrogen) atoms. The molecule has 2 unspecified atom stereocenters. The number of nitrogens with one attached hydrogen (secondary N) is 1. The van der Waals surface area contributed by atoms with E-state index in [1.54, 1.807) is 12.1 Å². The van der Waals surface area contributed by atoms with Crippen LogP contribution in [0.2, 0.25) is 0 Å². The summed E-state index contributed by atoms with van der Waals surface area (Å²) in [7, 11) is 0. The number of hydrogen-bond donors (Lipinski definition) is 1. The van der Waals surface area contributed by atoms with E-state index in [1.165, 1.54) is 23.1 Å². The highest BCUT2D eigenvalue weighted by atomic mass is 19.1. The van der Waals surface area contributed by atoms with Crippen molar-refractivity contribution in [3.63, 3.8) is 0 Å². The fourth-order valence-electron chi connectivity index (χ4n) is 3.51. The number of amides is 1. The molecule has 0 radical (unpaired) electrons. The van der Waals surface area contributed by atoms with E-state index in [2.05, 4.69) is 15.5 Å². The third kappa shape index (κ3) is 2.61. The lowest BCUT2D eigenvalue weighted by Gasteiger charge is -2.26. The Hall–Kier alpha value is -2.28. The monoisotopic (exact) mass is 315 g/mol. The zero-order chi connectivity index (χ0) is 15.8. The molecule has 1 N–H and O–H groups in total. The van der Waals surface area contributed by atoms with Gasteiger partial charge in [0, 0.05) is 18.6 Å². The lowest BCUT2D eigenvalue weighted by Crippen LogP contribution is -2.42. The number of halogens is 1. The molecule has 120 valence electrons. The maximum absolute atomic E-state index is 13.0. The predicted octanol–water partition coefficient (Wildman–Crippen LogP) is 1.37. The van der Waals surface area contributed by atoms with Gasteiger partial charge < -0.3 is 10.2 Å². The first-order chi connectivity index (χ1) is 11.2. The van der Waals surface area contributed by atoms with Crippen LogP contribution in [0.1, 0.15) is 29.8 Å². The summed E-state index contributed by atoms with van der Waals surface area (Å²) in [6.45, 7) is 1.79. The molecule has 2 saturated heterocycles. The molecule has 3 heterocycles. The second-order valence-electron chi connectivity index (χ2n) is 6.09. The number of fused-ring (bicyclic) bond motifs is 2. The smallest absolute Gasteiger partial charge is 0.276 e. The van der Waals surface area contributed by atoms with Gasteiger partial charge in [-0.25, -0.2) is 4.39 Å². The Labute approximate surface area is 133 Å². The quantitative estimate of drug-likeness (QED) is 0.909. The van der Waals surface area contributed by atoms with Gasteiger partial charge in [-0.15, -0.1) is 5.10 Å². The second kappa shape index (κ2) is 5.73. The van der Waals surface area contributed by atoms with Crippen LogP contribution >= 0.6 is 0 Å². The van der Waals surface area contributed by atoms with Crippen molar-refractivity contribution in [1.82, 2.24) is 25.2 Å². The number of hydrogen-bond acceptors (Lipinski definition) is 4. The van der Waals surface area contributed by atoms with Gasteiger partial charge in [0.15, 0.2) is 5.69 Å². The molecule has 1 aromatic heterocycles. The minimum atomic E-state index is -0.314. The Morgan fingerprint density at radius 3 is 2.78 bits per heavy atom. The van der Waals surface area contributed by atoms with Crippen molar-refractivity contribution < 1.29 is 9.18 Å². The number of aromatic nitrogens is 3. The lowest BCUT2D eigenvalue weighted by atomic mass is 10.1. The van der Waals surface area contributed by atoms with E-state index < -0.39 is 0 Å². The van der Waals surface area contributed by atoms with Crippen molar-refractivity contribution in [1.29, 1.82) is 0 Å². The normalized spacial score (nSPS) is 23.8. The minimum Gasteiger partial charge on any atom is -0.330 e. The topological polar surface area (TPSA) is 63.1 Å². The number of carbonyl (C=O) groups excluding carboxylic acids is 1. The van der Waals surface area contributed by atoms with Gasteiger partial charge in [-0.1, -0.05) is 0 Å². The fraction of sp³-hybridized carbons (Fsp3) is 0.438. The van der Waals surface area contributed by atoms with Crippen LogP contribution in [0.3, 0.4) is 0 Å². The Morgan fingerprint density at radius 2 is 1.96 bits per heavy atom. The Morgan fingerprint density at radius 1 is 1.17 bits per heavy atom. The minimum absolute atomic E-state index is 0.0606. The summed E-state index contributed by atoms with van der Waals surface area (Å²) in [4.78, 5) is 16.2. The highest BCUT2D eigenvalue weighted by Gasteiger charge is 2.39. The number of rotatable bonds is 2. The Bertz CT molecular complexity index is 700. The van der Waals surface area contributed by atoms with Crippen molar-refractivity contribution >= 4 is 5.91 Å². The largest absolute Gasteiger partial charge is 0.330 e. The lowest BCUT2D eigenvalue weighted by molar-refractivity contribution is 0.0673.